The number of aromatic nitrogens is 4. The molecule has 4 rings (SSSR count). The zero-order chi connectivity index (χ0) is 22.7. The third-order valence-corrected chi connectivity index (χ3v) is 4.76. The van der Waals surface area contributed by atoms with E-state index in [0.29, 0.717) is 37.7 Å². The molecule has 0 saturated carbocycles. The minimum atomic E-state index is -4.58. The van der Waals surface area contributed by atoms with Crippen LogP contribution >= 0.6 is 0 Å². The van der Waals surface area contributed by atoms with Gasteiger partial charge in [0.1, 0.15) is 12.0 Å². The number of anilines is 3. The highest BCUT2D eigenvalue weighted by Crippen LogP contribution is 2.30. The molecule has 9 nitrogen and oxygen atoms in total. The van der Waals surface area contributed by atoms with Crippen molar-refractivity contribution in [3.63, 3.8) is 0 Å². The van der Waals surface area contributed by atoms with Gasteiger partial charge in [-0.05, 0) is 24.3 Å². The van der Waals surface area contributed by atoms with Crippen molar-refractivity contribution in [1.29, 1.82) is 0 Å². The van der Waals surface area contributed by atoms with Gasteiger partial charge in [0.05, 0.1) is 26.0 Å². The second-order valence-corrected chi connectivity index (χ2v) is 6.88. The minimum absolute atomic E-state index is 0.125. The zero-order valence-corrected chi connectivity index (χ0v) is 17.0. The summed E-state index contributed by atoms with van der Waals surface area (Å²) in [6, 6.07) is 6.17. The largest absolute Gasteiger partial charge is 0.464 e. The Bertz CT molecular complexity index is 1110. The second kappa shape index (κ2) is 8.83. The molecule has 0 unspecified atom stereocenters. The van der Waals surface area contributed by atoms with Crippen LogP contribution in [-0.2, 0) is 15.7 Å². The van der Waals surface area contributed by atoms with Crippen molar-refractivity contribution in [2.24, 2.45) is 0 Å². The number of imidazole rings is 1. The maximum atomic E-state index is 13.0. The van der Waals surface area contributed by atoms with Gasteiger partial charge < -0.3 is 24.3 Å². The fourth-order valence-electron chi connectivity index (χ4n) is 3.20. The molecule has 3 aromatic rings. The van der Waals surface area contributed by atoms with Crippen LogP contribution < -0.4 is 10.2 Å². The number of alkyl halides is 3. The molecule has 1 N–H and O–H groups in total. The van der Waals surface area contributed by atoms with Gasteiger partial charge in [-0.1, -0.05) is 0 Å². The van der Waals surface area contributed by atoms with E-state index < -0.39 is 17.8 Å². The van der Waals surface area contributed by atoms with E-state index in [2.05, 4.69) is 29.9 Å². The number of halogens is 3. The lowest BCUT2D eigenvalue weighted by atomic mass is 10.2. The number of nitrogens with one attached hydrogen (secondary N) is 1. The standard InChI is InChI=1S/C20H19F3N6O3/c1-31-18(30)16-11-29(12-25-16)15-9-13(8-14(10-15)28-4-6-32-7-5-28)26-19-24-3-2-17(27-19)20(21,22)23/h2-3,8-12H,4-7H2,1H3,(H,24,26,27). The van der Waals surface area contributed by atoms with Gasteiger partial charge in [0, 0.05) is 36.9 Å². The van der Waals surface area contributed by atoms with Crippen molar-refractivity contribution in [3.05, 3.63) is 54.4 Å². The highest BCUT2D eigenvalue weighted by molar-refractivity contribution is 5.87. The first kappa shape index (κ1) is 21.6. The Balaban J connectivity index is 1.70. The van der Waals surface area contributed by atoms with E-state index >= 15 is 0 Å². The molecule has 0 aliphatic carbocycles. The Hall–Kier alpha value is -3.67. The molecule has 1 fully saturated rings. The number of esters is 1. The molecule has 0 bridgehead atoms. The van der Waals surface area contributed by atoms with Gasteiger partial charge in [0.2, 0.25) is 5.95 Å². The van der Waals surface area contributed by atoms with Crippen LogP contribution in [0.3, 0.4) is 0 Å². The summed E-state index contributed by atoms with van der Waals surface area (Å²) in [6.07, 6.45) is -0.575. The molecule has 1 aromatic carbocycles. The molecule has 1 aliphatic rings. The highest BCUT2D eigenvalue weighted by atomic mass is 19.4. The van der Waals surface area contributed by atoms with Crippen LogP contribution in [0.5, 0.6) is 0 Å². The Morgan fingerprint density at radius 3 is 2.62 bits per heavy atom. The van der Waals surface area contributed by atoms with Gasteiger partial charge in [0.15, 0.2) is 5.69 Å². The summed E-state index contributed by atoms with van der Waals surface area (Å²) in [5.41, 5.74) is 0.994. The lowest BCUT2D eigenvalue weighted by Gasteiger charge is -2.29. The van der Waals surface area contributed by atoms with Crippen molar-refractivity contribution in [2.45, 2.75) is 6.18 Å². The maximum Gasteiger partial charge on any atom is 0.433 e. The highest BCUT2D eigenvalue weighted by Gasteiger charge is 2.32. The summed E-state index contributed by atoms with van der Waals surface area (Å²) in [4.78, 5) is 25.3. The third-order valence-electron chi connectivity index (χ3n) is 4.76. The van der Waals surface area contributed by atoms with Gasteiger partial charge >= 0.3 is 12.1 Å². The van der Waals surface area contributed by atoms with Crippen molar-refractivity contribution in [2.75, 3.05) is 43.6 Å². The van der Waals surface area contributed by atoms with E-state index in [4.69, 9.17) is 4.74 Å². The number of morpholine rings is 1. The fourth-order valence-corrected chi connectivity index (χ4v) is 3.20. The van der Waals surface area contributed by atoms with Gasteiger partial charge in [-0.15, -0.1) is 0 Å². The van der Waals surface area contributed by atoms with Crippen molar-refractivity contribution < 1.29 is 27.4 Å². The number of hydrogen-bond donors (Lipinski definition) is 1. The number of methoxy groups -OCH3 is 1. The summed E-state index contributed by atoms with van der Waals surface area (Å²) >= 11 is 0. The van der Waals surface area contributed by atoms with E-state index in [1.165, 1.54) is 19.6 Å². The van der Waals surface area contributed by atoms with E-state index in [1.54, 1.807) is 16.7 Å². The molecule has 3 heterocycles. The van der Waals surface area contributed by atoms with Gasteiger partial charge in [-0.3, -0.25) is 0 Å². The predicted octanol–water partition coefficient (Wildman–Crippen LogP) is 3.05. The molecule has 1 saturated heterocycles. The molecular formula is C20H19F3N6O3. The SMILES string of the molecule is COC(=O)c1cn(-c2cc(Nc3nccc(C(F)(F)F)n3)cc(N3CCOCC3)c2)cn1. The van der Waals surface area contributed by atoms with Crippen molar-refractivity contribution in [3.8, 4) is 5.69 Å². The summed E-state index contributed by atoms with van der Waals surface area (Å²) in [5, 5.41) is 2.84. The second-order valence-electron chi connectivity index (χ2n) is 6.88. The lowest BCUT2D eigenvalue weighted by molar-refractivity contribution is -0.141. The average Bonchev–Trinajstić information content (AvgIpc) is 3.29. The van der Waals surface area contributed by atoms with E-state index in [1.807, 2.05) is 6.07 Å². The number of carbonyl (C=O) groups excluding carboxylic acids is 1. The predicted molar refractivity (Wildman–Crippen MR) is 108 cm³/mol. The molecule has 0 spiro atoms. The molecule has 168 valence electrons. The van der Waals surface area contributed by atoms with E-state index in [9.17, 15) is 18.0 Å². The molecule has 12 heteroatoms. The average molecular weight is 448 g/mol. The van der Waals surface area contributed by atoms with Crippen LogP contribution in [0.25, 0.3) is 5.69 Å². The monoisotopic (exact) mass is 448 g/mol. The Morgan fingerprint density at radius 2 is 1.91 bits per heavy atom. The number of hydrogen-bond acceptors (Lipinski definition) is 8. The lowest BCUT2D eigenvalue weighted by Crippen LogP contribution is -2.36. The Morgan fingerprint density at radius 1 is 1.16 bits per heavy atom. The molecule has 1 aliphatic heterocycles. The van der Waals surface area contributed by atoms with E-state index in [-0.39, 0.29) is 11.6 Å². The molecule has 0 atom stereocenters. The molecule has 32 heavy (non-hydrogen) atoms. The normalized spacial score (nSPS) is 14.3. The van der Waals surface area contributed by atoms with Crippen LogP contribution in [0.1, 0.15) is 16.2 Å². The van der Waals surface area contributed by atoms with Crippen LogP contribution in [0.2, 0.25) is 0 Å². The quantitative estimate of drug-likeness (QED) is 0.596. The first-order valence-corrected chi connectivity index (χ1v) is 9.61. The molecular weight excluding hydrogens is 429 g/mol. The van der Waals surface area contributed by atoms with Crippen LogP contribution in [0.4, 0.5) is 30.5 Å². The number of ether oxygens (including phenoxy) is 2. The summed E-state index contributed by atoms with van der Waals surface area (Å²) in [7, 11) is 1.26. The number of benzene rings is 1. The van der Waals surface area contributed by atoms with Gasteiger partial charge in [-0.2, -0.15) is 13.2 Å². The number of nitrogens with zero attached hydrogens (tertiary/aromatic N) is 5. The molecule has 0 radical (unpaired) electrons. The van der Waals surface area contributed by atoms with Crippen molar-refractivity contribution >= 4 is 23.3 Å². The summed E-state index contributed by atoms with van der Waals surface area (Å²) < 4.78 is 50.7. The number of carbonyl (C=O) groups is 1. The van der Waals surface area contributed by atoms with Gasteiger partial charge in [-0.25, -0.2) is 19.7 Å². The Labute approximate surface area is 180 Å². The van der Waals surface area contributed by atoms with Crippen LogP contribution in [0, 0.1) is 0 Å². The fraction of sp³-hybridized carbons (Fsp3) is 0.300. The molecule has 2 aromatic heterocycles. The van der Waals surface area contributed by atoms with Crippen LogP contribution in [0.15, 0.2) is 43.0 Å². The first-order valence-electron chi connectivity index (χ1n) is 9.61. The zero-order valence-electron chi connectivity index (χ0n) is 17.0. The Kier molecular flexibility index (Phi) is 5.95. The van der Waals surface area contributed by atoms with Gasteiger partial charge in [0.25, 0.3) is 0 Å². The number of rotatable bonds is 5. The summed E-state index contributed by atoms with van der Waals surface area (Å²) in [6.45, 7) is 2.42. The maximum absolute atomic E-state index is 13.0. The third kappa shape index (κ3) is 4.80. The summed E-state index contributed by atoms with van der Waals surface area (Å²) in [5.74, 6) is -0.769. The smallest absolute Gasteiger partial charge is 0.433 e. The van der Waals surface area contributed by atoms with Crippen molar-refractivity contribution in [1.82, 2.24) is 19.5 Å². The van der Waals surface area contributed by atoms with Crippen LogP contribution in [-0.4, -0.2) is 58.9 Å². The first-order chi connectivity index (χ1) is 15.3. The topological polar surface area (TPSA) is 94.4 Å². The molecule has 0 amide bonds. The minimum Gasteiger partial charge on any atom is -0.464 e. The van der Waals surface area contributed by atoms with E-state index in [0.717, 1.165) is 18.0 Å².